The van der Waals surface area contributed by atoms with E-state index in [1.54, 1.807) is 12.1 Å². The van der Waals surface area contributed by atoms with Gasteiger partial charge in [-0.05, 0) is 42.9 Å². The Bertz CT molecular complexity index is 355. The smallest absolute Gasteiger partial charge is 0.123 e. The van der Waals surface area contributed by atoms with E-state index < -0.39 is 0 Å². The third-order valence-electron chi connectivity index (χ3n) is 3.86. The molecule has 0 radical (unpaired) electrons. The quantitative estimate of drug-likeness (QED) is 0.626. The van der Waals surface area contributed by atoms with E-state index in [1.807, 2.05) is 0 Å². The second kappa shape index (κ2) is 6.46. The van der Waals surface area contributed by atoms with Gasteiger partial charge in [-0.2, -0.15) is 12.6 Å². The van der Waals surface area contributed by atoms with E-state index in [0.717, 1.165) is 11.5 Å². The zero-order valence-corrected chi connectivity index (χ0v) is 11.6. The molecule has 0 atom stereocenters. The Labute approximate surface area is 114 Å². The number of ether oxygens (including phenoxy) is 1. The van der Waals surface area contributed by atoms with Crippen LogP contribution in [0.1, 0.15) is 38.5 Å². The number of halogens is 1. The van der Waals surface area contributed by atoms with Gasteiger partial charge in [0.15, 0.2) is 0 Å². The van der Waals surface area contributed by atoms with Crippen molar-refractivity contribution in [3.8, 4) is 5.75 Å². The minimum Gasteiger partial charge on any atom is -0.493 e. The van der Waals surface area contributed by atoms with E-state index in [0.29, 0.717) is 6.61 Å². The predicted molar refractivity (Wildman–Crippen MR) is 75.9 cm³/mol. The highest BCUT2D eigenvalue weighted by atomic mass is 32.1. The lowest BCUT2D eigenvalue weighted by Crippen LogP contribution is -2.30. The van der Waals surface area contributed by atoms with Crippen LogP contribution in [0.3, 0.4) is 0 Å². The van der Waals surface area contributed by atoms with E-state index in [2.05, 4.69) is 12.6 Å². The van der Waals surface area contributed by atoms with Crippen LogP contribution in [0.15, 0.2) is 24.3 Å². The molecular formula is C15H21FOS. The van der Waals surface area contributed by atoms with E-state index in [9.17, 15) is 4.39 Å². The molecule has 1 aliphatic rings. The maximum absolute atomic E-state index is 12.8. The number of rotatable bonds is 4. The van der Waals surface area contributed by atoms with E-state index >= 15 is 0 Å². The average molecular weight is 268 g/mol. The average Bonchev–Trinajstić information content (AvgIpc) is 2.64. The van der Waals surface area contributed by atoms with Gasteiger partial charge in [0, 0.05) is 5.41 Å². The molecule has 1 aromatic rings. The summed E-state index contributed by atoms with van der Waals surface area (Å²) in [5, 5.41) is 0. The summed E-state index contributed by atoms with van der Waals surface area (Å²) >= 11 is 4.52. The summed E-state index contributed by atoms with van der Waals surface area (Å²) in [7, 11) is 0. The van der Waals surface area contributed by atoms with Crippen molar-refractivity contribution in [2.24, 2.45) is 5.41 Å². The van der Waals surface area contributed by atoms with Crippen molar-refractivity contribution in [1.29, 1.82) is 0 Å². The molecule has 0 N–H and O–H groups in total. The second-order valence-corrected chi connectivity index (χ2v) is 5.63. The van der Waals surface area contributed by atoms with Gasteiger partial charge in [-0.15, -0.1) is 0 Å². The summed E-state index contributed by atoms with van der Waals surface area (Å²) in [6.07, 6.45) is 7.58. The van der Waals surface area contributed by atoms with Crippen molar-refractivity contribution in [3.05, 3.63) is 30.1 Å². The molecule has 1 aromatic carbocycles. The van der Waals surface area contributed by atoms with Gasteiger partial charge in [0.2, 0.25) is 0 Å². The SMILES string of the molecule is Fc1ccc(OCC2(CS)CCCCCC2)cc1. The maximum Gasteiger partial charge on any atom is 0.123 e. The predicted octanol–water partition coefficient (Wildman–Crippen LogP) is 4.47. The Hall–Kier alpha value is -0.700. The zero-order valence-electron chi connectivity index (χ0n) is 10.7. The summed E-state index contributed by atoms with van der Waals surface area (Å²) < 4.78 is 18.6. The van der Waals surface area contributed by atoms with Crippen molar-refractivity contribution >= 4 is 12.6 Å². The first-order valence-corrected chi connectivity index (χ1v) is 7.37. The fraction of sp³-hybridized carbons (Fsp3) is 0.600. The summed E-state index contributed by atoms with van der Waals surface area (Å²) in [6.45, 7) is 0.697. The van der Waals surface area contributed by atoms with Gasteiger partial charge in [0.25, 0.3) is 0 Å². The van der Waals surface area contributed by atoms with E-state index in [4.69, 9.17) is 4.74 Å². The topological polar surface area (TPSA) is 9.23 Å². The molecule has 0 aromatic heterocycles. The number of hydrogen-bond donors (Lipinski definition) is 1. The Morgan fingerprint density at radius 3 is 2.22 bits per heavy atom. The Morgan fingerprint density at radius 1 is 1.06 bits per heavy atom. The van der Waals surface area contributed by atoms with Crippen molar-refractivity contribution < 1.29 is 9.13 Å². The Morgan fingerprint density at radius 2 is 1.67 bits per heavy atom. The van der Waals surface area contributed by atoms with Gasteiger partial charge in [0.1, 0.15) is 11.6 Å². The van der Waals surface area contributed by atoms with Gasteiger partial charge >= 0.3 is 0 Å². The third kappa shape index (κ3) is 3.64. The van der Waals surface area contributed by atoms with E-state index in [1.165, 1.54) is 50.7 Å². The highest BCUT2D eigenvalue weighted by Crippen LogP contribution is 2.36. The first-order chi connectivity index (χ1) is 8.74. The number of thiol groups is 1. The highest BCUT2D eigenvalue weighted by molar-refractivity contribution is 7.80. The molecular weight excluding hydrogens is 247 g/mol. The van der Waals surface area contributed by atoms with Crippen LogP contribution in [0.2, 0.25) is 0 Å². The van der Waals surface area contributed by atoms with Crippen LogP contribution in [0, 0.1) is 11.2 Å². The van der Waals surface area contributed by atoms with Crippen LogP contribution in [-0.2, 0) is 0 Å². The maximum atomic E-state index is 12.8. The minimum absolute atomic E-state index is 0.202. The molecule has 0 bridgehead atoms. The lowest BCUT2D eigenvalue weighted by atomic mass is 9.83. The molecule has 0 saturated heterocycles. The number of hydrogen-bond acceptors (Lipinski definition) is 2. The molecule has 0 spiro atoms. The summed E-state index contributed by atoms with van der Waals surface area (Å²) in [4.78, 5) is 0. The normalized spacial score (nSPS) is 19.2. The molecule has 0 aliphatic heterocycles. The molecule has 3 heteroatoms. The third-order valence-corrected chi connectivity index (χ3v) is 4.53. The molecule has 0 unspecified atom stereocenters. The van der Waals surface area contributed by atoms with Crippen LogP contribution in [0.25, 0.3) is 0 Å². The van der Waals surface area contributed by atoms with Crippen LogP contribution in [0.5, 0.6) is 5.75 Å². The molecule has 1 fully saturated rings. The first-order valence-electron chi connectivity index (χ1n) is 6.73. The van der Waals surface area contributed by atoms with Crippen LogP contribution >= 0.6 is 12.6 Å². The molecule has 100 valence electrons. The van der Waals surface area contributed by atoms with Gasteiger partial charge in [-0.3, -0.25) is 0 Å². The monoisotopic (exact) mass is 268 g/mol. The zero-order chi connectivity index (χ0) is 12.8. The lowest BCUT2D eigenvalue weighted by Gasteiger charge is -2.30. The minimum atomic E-state index is -0.222. The lowest BCUT2D eigenvalue weighted by molar-refractivity contribution is 0.148. The van der Waals surface area contributed by atoms with Crippen molar-refractivity contribution in [3.63, 3.8) is 0 Å². The van der Waals surface area contributed by atoms with Crippen LogP contribution in [0.4, 0.5) is 4.39 Å². The fourth-order valence-corrected chi connectivity index (χ4v) is 3.00. The summed E-state index contributed by atoms with van der Waals surface area (Å²) in [5.74, 6) is 1.40. The van der Waals surface area contributed by atoms with E-state index in [-0.39, 0.29) is 11.2 Å². The molecule has 1 nitrogen and oxygen atoms in total. The van der Waals surface area contributed by atoms with Gasteiger partial charge in [0.05, 0.1) is 6.61 Å². The molecule has 2 rings (SSSR count). The second-order valence-electron chi connectivity index (χ2n) is 5.31. The molecule has 1 saturated carbocycles. The van der Waals surface area contributed by atoms with Crippen LogP contribution < -0.4 is 4.74 Å². The Balaban J connectivity index is 1.95. The molecule has 18 heavy (non-hydrogen) atoms. The van der Waals surface area contributed by atoms with Crippen molar-refractivity contribution in [2.45, 2.75) is 38.5 Å². The largest absolute Gasteiger partial charge is 0.493 e. The summed E-state index contributed by atoms with van der Waals surface area (Å²) in [5.41, 5.74) is 0.202. The van der Waals surface area contributed by atoms with Gasteiger partial charge < -0.3 is 4.74 Å². The first kappa shape index (κ1) is 13.7. The molecule has 1 aliphatic carbocycles. The van der Waals surface area contributed by atoms with Gasteiger partial charge in [-0.25, -0.2) is 4.39 Å². The molecule has 0 heterocycles. The standard InChI is InChI=1S/C15H21FOS/c16-13-5-7-14(8-6-13)17-11-15(12-18)9-3-1-2-4-10-15/h5-8,18H,1-4,9-12H2. The van der Waals surface area contributed by atoms with Crippen LogP contribution in [-0.4, -0.2) is 12.4 Å². The fourth-order valence-electron chi connectivity index (χ4n) is 2.59. The summed E-state index contributed by atoms with van der Waals surface area (Å²) in [6, 6.07) is 6.27. The van der Waals surface area contributed by atoms with Crippen molar-refractivity contribution in [2.75, 3.05) is 12.4 Å². The number of benzene rings is 1. The molecule has 0 amide bonds. The van der Waals surface area contributed by atoms with Crippen molar-refractivity contribution in [1.82, 2.24) is 0 Å². The van der Waals surface area contributed by atoms with Gasteiger partial charge in [-0.1, -0.05) is 25.7 Å². The highest BCUT2D eigenvalue weighted by Gasteiger charge is 2.30. The Kier molecular flexibility index (Phi) is 4.93.